The molecule has 22 heavy (non-hydrogen) atoms. The Balaban J connectivity index is 1.97. The van der Waals surface area contributed by atoms with Crippen LogP contribution in [0.2, 0.25) is 0 Å². The average Bonchev–Trinajstić information content (AvgIpc) is 2.53. The maximum atomic E-state index is 10.6. The summed E-state index contributed by atoms with van der Waals surface area (Å²) in [6.45, 7) is 0. The second-order valence-electron chi connectivity index (χ2n) is 4.41. The third-order valence-electron chi connectivity index (χ3n) is 2.80. The minimum atomic E-state index is -0.439. The fourth-order valence-corrected chi connectivity index (χ4v) is 1.78. The molecule has 0 aromatic heterocycles. The van der Waals surface area contributed by atoms with Crippen LogP contribution in [0.4, 0.5) is 11.4 Å². The van der Waals surface area contributed by atoms with Crippen LogP contribution in [-0.2, 0) is 0 Å². The Morgan fingerprint density at radius 1 is 1.23 bits per heavy atom. The second-order valence-corrected chi connectivity index (χ2v) is 4.80. The summed E-state index contributed by atoms with van der Waals surface area (Å²) in [4.78, 5) is 10.1. The highest BCUT2D eigenvalue weighted by Crippen LogP contribution is 2.11. The van der Waals surface area contributed by atoms with Crippen molar-refractivity contribution in [1.29, 1.82) is 0 Å². The summed E-state index contributed by atoms with van der Waals surface area (Å²) in [6, 6.07) is 15.7. The molecule has 2 aromatic carbocycles. The number of nitro groups is 1. The first-order valence-corrected chi connectivity index (χ1v) is 6.85. The lowest BCUT2D eigenvalue weighted by atomic mass is 10.2. The van der Waals surface area contributed by atoms with Gasteiger partial charge in [0, 0.05) is 24.9 Å². The van der Waals surface area contributed by atoms with Crippen molar-refractivity contribution in [3.05, 3.63) is 70.3 Å². The number of thiocarbonyl (C=S) groups is 1. The topological polar surface area (TPSA) is 70.8 Å². The van der Waals surface area contributed by atoms with E-state index in [1.165, 1.54) is 17.1 Å². The monoisotopic (exact) mass is 314 g/mol. The summed E-state index contributed by atoms with van der Waals surface area (Å²) in [5, 5.41) is 19.8. The van der Waals surface area contributed by atoms with Gasteiger partial charge in [0.15, 0.2) is 5.11 Å². The van der Waals surface area contributed by atoms with Gasteiger partial charge in [-0.3, -0.25) is 10.1 Å². The Kier molecular flexibility index (Phi) is 5.16. The number of para-hydroxylation sites is 1. The van der Waals surface area contributed by atoms with Crippen LogP contribution in [0.15, 0.2) is 59.7 Å². The highest BCUT2D eigenvalue weighted by molar-refractivity contribution is 7.80. The van der Waals surface area contributed by atoms with E-state index in [9.17, 15) is 10.1 Å². The Morgan fingerprint density at radius 3 is 2.45 bits per heavy atom. The number of nitrogens with zero attached hydrogens (tertiary/aromatic N) is 3. The zero-order chi connectivity index (χ0) is 15.9. The van der Waals surface area contributed by atoms with Gasteiger partial charge in [0.05, 0.1) is 11.1 Å². The molecule has 0 saturated heterocycles. The molecule has 0 aliphatic carbocycles. The summed E-state index contributed by atoms with van der Waals surface area (Å²) < 4.78 is 0. The normalized spacial score (nSPS) is 10.4. The predicted octanol–water partition coefficient (Wildman–Crippen LogP) is 3.26. The van der Waals surface area contributed by atoms with E-state index in [4.69, 9.17) is 12.2 Å². The molecule has 2 aromatic rings. The van der Waals surface area contributed by atoms with E-state index in [1.54, 1.807) is 25.4 Å². The molecule has 0 amide bonds. The number of non-ortho nitro benzene ring substituents is 1. The Bertz CT molecular complexity index is 686. The minimum Gasteiger partial charge on any atom is -0.331 e. The maximum absolute atomic E-state index is 10.6. The smallest absolute Gasteiger partial charge is 0.269 e. The molecule has 0 atom stereocenters. The van der Waals surface area contributed by atoms with Gasteiger partial charge in [-0.05, 0) is 42.0 Å². The van der Waals surface area contributed by atoms with Crippen molar-refractivity contribution in [2.45, 2.75) is 0 Å². The summed E-state index contributed by atoms with van der Waals surface area (Å²) >= 11 is 5.24. The number of nitrogens with one attached hydrogen (secondary N) is 1. The lowest BCUT2D eigenvalue weighted by Gasteiger charge is -2.15. The van der Waals surface area contributed by atoms with Crippen molar-refractivity contribution >= 4 is 34.9 Å². The molecule has 2 rings (SSSR count). The SMILES string of the molecule is CN(/N=C/c1ccc([N+](=O)[O-])cc1)C(=S)Nc1ccccc1. The van der Waals surface area contributed by atoms with Crippen molar-refractivity contribution in [3.8, 4) is 0 Å². The van der Waals surface area contributed by atoms with Gasteiger partial charge < -0.3 is 5.32 Å². The predicted molar refractivity (Wildman–Crippen MR) is 91.1 cm³/mol. The lowest BCUT2D eigenvalue weighted by molar-refractivity contribution is -0.384. The number of hydrazone groups is 1. The molecule has 112 valence electrons. The van der Waals surface area contributed by atoms with Gasteiger partial charge in [0.2, 0.25) is 0 Å². The summed E-state index contributed by atoms with van der Waals surface area (Å²) in [5.74, 6) is 0. The highest BCUT2D eigenvalue weighted by atomic mass is 32.1. The summed E-state index contributed by atoms with van der Waals surface area (Å²) in [7, 11) is 1.72. The fraction of sp³-hybridized carbons (Fsp3) is 0.0667. The van der Waals surface area contributed by atoms with E-state index in [2.05, 4.69) is 10.4 Å². The average molecular weight is 314 g/mol. The zero-order valence-electron chi connectivity index (χ0n) is 11.8. The molecule has 1 N–H and O–H groups in total. The van der Waals surface area contributed by atoms with Gasteiger partial charge in [-0.25, -0.2) is 5.01 Å². The van der Waals surface area contributed by atoms with Crippen molar-refractivity contribution in [2.24, 2.45) is 5.10 Å². The van der Waals surface area contributed by atoms with Crippen molar-refractivity contribution in [2.75, 3.05) is 12.4 Å². The van der Waals surface area contributed by atoms with Crippen LogP contribution in [0, 0.1) is 10.1 Å². The van der Waals surface area contributed by atoms with Crippen LogP contribution in [0.5, 0.6) is 0 Å². The van der Waals surface area contributed by atoms with Crippen molar-refractivity contribution < 1.29 is 4.92 Å². The zero-order valence-corrected chi connectivity index (χ0v) is 12.7. The van der Waals surface area contributed by atoms with Gasteiger partial charge in [0.1, 0.15) is 0 Å². The second kappa shape index (κ2) is 7.28. The standard InChI is InChI=1S/C15H14N4O2S/c1-18(15(22)17-13-5-3-2-4-6-13)16-11-12-7-9-14(10-8-12)19(20)21/h2-11H,1H3,(H,17,22)/b16-11+. The molecule has 0 heterocycles. The third-order valence-corrected chi connectivity index (χ3v) is 3.17. The third kappa shape index (κ3) is 4.35. The van der Waals surface area contributed by atoms with E-state index >= 15 is 0 Å². The number of nitro benzene ring substituents is 1. The molecule has 0 saturated carbocycles. The van der Waals surface area contributed by atoms with Crippen LogP contribution in [0.1, 0.15) is 5.56 Å². The summed E-state index contributed by atoms with van der Waals surface area (Å²) in [5.41, 5.74) is 1.68. The lowest BCUT2D eigenvalue weighted by Crippen LogP contribution is -2.26. The Labute approximate surface area is 133 Å². The van der Waals surface area contributed by atoms with Gasteiger partial charge >= 0.3 is 0 Å². The molecule has 0 fully saturated rings. The fourth-order valence-electron chi connectivity index (χ4n) is 1.61. The van der Waals surface area contributed by atoms with Gasteiger partial charge in [-0.2, -0.15) is 5.10 Å². The number of hydrogen-bond donors (Lipinski definition) is 1. The highest BCUT2D eigenvalue weighted by Gasteiger charge is 2.04. The molecule has 0 bridgehead atoms. The molecule has 0 aliphatic heterocycles. The molecular weight excluding hydrogens is 300 g/mol. The first kappa shape index (κ1) is 15.6. The quantitative estimate of drug-likeness (QED) is 0.406. The maximum Gasteiger partial charge on any atom is 0.269 e. The van der Waals surface area contributed by atoms with E-state index in [0.29, 0.717) is 5.11 Å². The number of rotatable bonds is 4. The number of hydrogen-bond acceptors (Lipinski definition) is 4. The number of benzene rings is 2. The number of anilines is 1. The van der Waals surface area contributed by atoms with Gasteiger partial charge in [-0.1, -0.05) is 18.2 Å². The largest absolute Gasteiger partial charge is 0.331 e. The van der Waals surface area contributed by atoms with Crippen LogP contribution < -0.4 is 5.32 Å². The van der Waals surface area contributed by atoms with E-state index < -0.39 is 4.92 Å². The van der Waals surface area contributed by atoms with Crippen LogP contribution in [0.25, 0.3) is 0 Å². The minimum absolute atomic E-state index is 0.0479. The van der Waals surface area contributed by atoms with Crippen molar-refractivity contribution in [1.82, 2.24) is 5.01 Å². The van der Waals surface area contributed by atoms with Crippen LogP contribution in [0.3, 0.4) is 0 Å². The van der Waals surface area contributed by atoms with Crippen LogP contribution >= 0.6 is 12.2 Å². The van der Waals surface area contributed by atoms with Crippen molar-refractivity contribution in [3.63, 3.8) is 0 Å². The summed E-state index contributed by atoms with van der Waals surface area (Å²) in [6.07, 6.45) is 1.59. The Morgan fingerprint density at radius 2 is 1.86 bits per heavy atom. The molecule has 7 heteroatoms. The molecule has 0 aliphatic rings. The van der Waals surface area contributed by atoms with Crippen LogP contribution in [-0.4, -0.2) is 28.3 Å². The first-order valence-electron chi connectivity index (χ1n) is 6.44. The van der Waals surface area contributed by atoms with E-state index in [0.717, 1.165) is 11.3 Å². The first-order chi connectivity index (χ1) is 10.6. The molecule has 0 unspecified atom stereocenters. The van der Waals surface area contributed by atoms with Gasteiger partial charge in [-0.15, -0.1) is 0 Å². The van der Waals surface area contributed by atoms with Gasteiger partial charge in [0.25, 0.3) is 5.69 Å². The molecule has 0 spiro atoms. The molecule has 0 radical (unpaired) electrons. The Hall–Kier alpha value is -2.80. The molecule has 6 nitrogen and oxygen atoms in total. The van der Waals surface area contributed by atoms with E-state index in [-0.39, 0.29) is 5.69 Å². The van der Waals surface area contributed by atoms with E-state index in [1.807, 2.05) is 30.3 Å². The molecular formula is C15H14N4O2S.